The second-order valence-electron chi connectivity index (χ2n) is 5.28. The fourth-order valence-electron chi connectivity index (χ4n) is 0.980. The molecule has 0 heterocycles. The third-order valence-electron chi connectivity index (χ3n) is 2.16. The van der Waals surface area contributed by atoms with E-state index in [0.29, 0.717) is 11.0 Å². The van der Waals surface area contributed by atoms with Crippen LogP contribution in [0.4, 0.5) is 0 Å². The summed E-state index contributed by atoms with van der Waals surface area (Å²) < 4.78 is 25.7. The molecule has 0 radical (unpaired) electrons. The summed E-state index contributed by atoms with van der Waals surface area (Å²) in [6, 6.07) is 0. The van der Waals surface area contributed by atoms with Gasteiger partial charge in [0.1, 0.15) is 25.9 Å². The quantitative estimate of drug-likeness (QED) is 0.329. The van der Waals surface area contributed by atoms with E-state index in [-0.39, 0.29) is 19.6 Å². The molecule has 20 heavy (non-hydrogen) atoms. The summed E-state index contributed by atoms with van der Waals surface area (Å²) in [4.78, 5) is 22.2. The minimum absolute atomic E-state index is 0.00874. The lowest BCUT2D eigenvalue weighted by atomic mass is 10.4. The predicted molar refractivity (Wildman–Crippen MR) is 69.7 cm³/mol. The van der Waals surface area contributed by atoms with Gasteiger partial charge in [0.15, 0.2) is 0 Å². The van der Waals surface area contributed by atoms with Crippen molar-refractivity contribution in [3.63, 3.8) is 0 Å². The molecule has 0 fully saturated rings. The van der Waals surface area contributed by atoms with Gasteiger partial charge in [-0.05, 0) is 0 Å². The summed E-state index contributed by atoms with van der Waals surface area (Å²) in [7, 11) is 1.24. The first-order valence-electron chi connectivity index (χ1n) is 6.30. The lowest BCUT2D eigenvalue weighted by molar-refractivity contribution is -0.870. The van der Waals surface area contributed by atoms with Crippen molar-refractivity contribution in [3.05, 3.63) is 0 Å². The lowest BCUT2D eigenvalue weighted by Gasteiger charge is -2.27. The number of aliphatic hydroxyl groups excluding tert-OH is 1. The summed E-state index contributed by atoms with van der Waals surface area (Å²) in [5.41, 5.74) is 0. The molecule has 0 bridgehead atoms. The second-order valence-corrected chi connectivity index (χ2v) is 6.69. The zero-order valence-electron chi connectivity index (χ0n) is 12.4. The van der Waals surface area contributed by atoms with Crippen LogP contribution in [0, 0.1) is 0 Å². The molecule has 1 unspecified atom stereocenters. The Balaban J connectivity index is 3.91. The first-order valence-corrected chi connectivity index (χ1v) is 7.76. The molecular formula is C11H24NO7P. The van der Waals surface area contributed by atoms with Crippen molar-refractivity contribution >= 4 is 13.8 Å². The van der Waals surface area contributed by atoms with Crippen LogP contribution >= 0.6 is 7.82 Å². The molecule has 0 saturated carbocycles. The van der Waals surface area contributed by atoms with Gasteiger partial charge in [-0.15, -0.1) is 0 Å². The summed E-state index contributed by atoms with van der Waals surface area (Å²) in [6.45, 7) is 1.27. The summed E-state index contributed by atoms with van der Waals surface area (Å²) in [5, 5.41) is 9.39. The standard InChI is InChI=1S/C11H24NO7P/c1-5-11(14)17-8-10(13)9-19-20(15,16)18-7-6-12(2,3)4/h10,13H,5-9H2,1-4H3/t10-/m0/s1. The molecule has 9 heteroatoms. The lowest BCUT2D eigenvalue weighted by Crippen LogP contribution is -2.37. The van der Waals surface area contributed by atoms with E-state index in [1.165, 1.54) is 0 Å². The number of hydrogen-bond acceptors (Lipinski definition) is 7. The van der Waals surface area contributed by atoms with Crippen LogP contribution in [0.1, 0.15) is 13.3 Å². The maximum absolute atomic E-state index is 11.4. The van der Waals surface area contributed by atoms with Crippen LogP contribution < -0.4 is 4.89 Å². The molecular weight excluding hydrogens is 289 g/mol. The van der Waals surface area contributed by atoms with Gasteiger partial charge in [0.05, 0.1) is 27.7 Å². The largest absolute Gasteiger partial charge is 0.756 e. The Morgan fingerprint density at radius 3 is 2.40 bits per heavy atom. The fourth-order valence-corrected chi connectivity index (χ4v) is 1.71. The molecule has 0 aliphatic carbocycles. The van der Waals surface area contributed by atoms with Crippen LogP contribution in [0.2, 0.25) is 0 Å². The highest BCUT2D eigenvalue weighted by molar-refractivity contribution is 7.45. The Hall–Kier alpha value is -0.500. The van der Waals surface area contributed by atoms with E-state index in [0.717, 1.165) is 0 Å². The van der Waals surface area contributed by atoms with E-state index in [2.05, 4.69) is 13.8 Å². The Kier molecular flexibility index (Phi) is 8.50. The van der Waals surface area contributed by atoms with Gasteiger partial charge in [-0.25, -0.2) is 0 Å². The highest BCUT2D eigenvalue weighted by atomic mass is 31.2. The first-order chi connectivity index (χ1) is 9.06. The number of aliphatic hydroxyl groups is 1. The molecule has 0 aromatic rings. The Labute approximate surface area is 119 Å². The van der Waals surface area contributed by atoms with Crippen molar-refractivity contribution in [1.82, 2.24) is 0 Å². The van der Waals surface area contributed by atoms with Crippen LogP contribution in [0.5, 0.6) is 0 Å². The fraction of sp³-hybridized carbons (Fsp3) is 0.909. The average molecular weight is 313 g/mol. The van der Waals surface area contributed by atoms with Gasteiger partial charge in [-0.2, -0.15) is 0 Å². The third kappa shape index (κ3) is 11.3. The average Bonchev–Trinajstić information content (AvgIpc) is 2.31. The Bertz CT molecular complexity index is 342. The number of nitrogens with zero attached hydrogens (tertiary/aromatic N) is 1. The molecule has 0 aliphatic heterocycles. The number of hydrogen-bond donors (Lipinski definition) is 1. The van der Waals surface area contributed by atoms with Crippen molar-refractivity contribution in [2.75, 3.05) is 47.5 Å². The van der Waals surface area contributed by atoms with E-state index in [1.807, 2.05) is 21.1 Å². The minimum Gasteiger partial charge on any atom is -0.756 e. The monoisotopic (exact) mass is 313 g/mol. The highest BCUT2D eigenvalue weighted by Crippen LogP contribution is 2.38. The normalized spacial score (nSPS) is 16.5. The van der Waals surface area contributed by atoms with Gasteiger partial charge in [0.25, 0.3) is 7.82 Å². The van der Waals surface area contributed by atoms with Gasteiger partial charge in [0.2, 0.25) is 0 Å². The molecule has 0 aliphatic rings. The molecule has 8 nitrogen and oxygen atoms in total. The SMILES string of the molecule is CCC(=O)OC[C@H](O)COP(=O)([O-])OCC[N+](C)(C)C. The van der Waals surface area contributed by atoms with E-state index < -0.39 is 26.5 Å². The number of likely N-dealkylation sites (N-methyl/N-ethyl adjacent to an activating group) is 1. The smallest absolute Gasteiger partial charge is 0.305 e. The van der Waals surface area contributed by atoms with Gasteiger partial charge in [-0.3, -0.25) is 9.36 Å². The number of carbonyl (C=O) groups excluding carboxylic acids is 1. The highest BCUT2D eigenvalue weighted by Gasteiger charge is 2.16. The molecule has 0 spiro atoms. The number of quaternary nitrogens is 1. The van der Waals surface area contributed by atoms with Crippen LogP contribution in [-0.4, -0.2) is 69.2 Å². The first kappa shape index (κ1) is 19.5. The van der Waals surface area contributed by atoms with Gasteiger partial charge in [-0.1, -0.05) is 6.92 Å². The van der Waals surface area contributed by atoms with Crippen molar-refractivity contribution < 1.29 is 37.6 Å². The van der Waals surface area contributed by atoms with E-state index >= 15 is 0 Å². The zero-order chi connectivity index (χ0) is 15.8. The number of rotatable bonds is 10. The van der Waals surface area contributed by atoms with Crippen LogP contribution in [0.3, 0.4) is 0 Å². The molecule has 1 N–H and O–H groups in total. The minimum atomic E-state index is -4.45. The molecule has 2 atom stereocenters. The summed E-state index contributed by atoms with van der Waals surface area (Å²) >= 11 is 0. The molecule has 120 valence electrons. The number of phosphoric acid groups is 1. The molecule has 0 amide bonds. The van der Waals surface area contributed by atoms with Crippen LogP contribution in [-0.2, 0) is 23.1 Å². The second kappa shape index (κ2) is 8.71. The van der Waals surface area contributed by atoms with Gasteiger partial charge in [0, 0.05) is 6.42 Å². The summed E-state index contributed by atoms with van der Waals surface area (Å²) in [6.07, 6.45) is -1.03. The van der Waals surface area contributed by atoms with E-state index in [1.54, 1.807) is 6.92 Å². The molecule has 0 rings (SSSR count). The Morgan fingerprint density at radius 1 is 1.30 bits per heavy atom. The van der Waals surface area contributed by atoms with E-state index in [9.17, 15) is 19.4 Å². The topological polar surface area (TPSA) is 105 Å². The summed E-state index contributed by atoms with van der Waals surface area (Å²) in [5.74, 6) is -0.478. The van der Waals surface area contributed by atoms with Gasteiger partial charge < -0.3 is 28.3 Å². The maximum atomic E-state index is 11.4. The van der Waals surface area contributed by atoms with Crippen molar-refractivity contribution in [2.24, 2.45) is 0 Å². The maximum Gasteiger partial charge on any atom is 0.305 e. The van der Waals surface area contributed by atoms with Crippen molar-refractivity contribution in [3.8, 4) is 0 Å². The van der Waals surface area contributed by atoms with Crippen molar-refractivity contribution in [1.29, 1.82) is 0 Å². The van der Waals surface area contributed by atoms with Crippen LogP contribution in [0.25, 0.3) is 0 Å². The van der Waals surface area contributed by atoms with Crippen LogP contribution in [0.15, 0.2) is 0 Å². The predicted octanol–water partition coefficient (Wildman–Crippen LogP) is -0.492. The number of esters is 1. The number of ether oxygens (including phenoxy) is 1. The molecule has 0 saturated heterocycles. The van der Waals surface area contributed by atoms with E-state index in [4.69, 9.17) is 0 Å². The van der Waals surface area contributed by atoms with Crippen molar-refractivity contribution in [2.45, 2.75) is 19.4 Å². The molecule has 0 aromatic carbocycles. The van der Waals surface area contributed by atoms with Gasteiger partial charge >= 0.3 is 5.97 Å². The zero-order valence-corrected chi connectivity index (χ0v) is 13.3. The molecule has 0 aromatic heterocycles. The third-order valence-corrected chi connectivity index (χ3v) is 3.13. The number of phosphoric ester groups is 1. The number of carbonyl (C=O) groups is 1. The Morgan fingerprint density at radius 2 is 1.90 bits per heavy atom.